The summed E-state index contributed by atoms with van der Waals surface area (Å²) in [6.07, 6.45) is 3.23. The SMILES string of the molecule is CCOc1cc(/C=C/C(=O)NCC(c2ccc(F)cc2)N2CCOCC2)ccc1OC. The van der Waals surface area contributed by atoms with Crippen LogP contribution in [0.3, 0.4) is 0 Å². The van der Waals surface area contributed by atoms with Gasteiger partial charge in [-0.25, -0.2) is 4.39 Å². The molecule has 1 heterocycles. The number of benzene rings is 2. The van der Waals surface area contributed by atoms with Crippen LogP contribution in [0, 0.1) is 5.82 Å². The van der Waals surface area contributed by atoms with E-state index in [0.29, 0.717) is 37.9 Å². The average Bonchev–Trinajstić information content (AvgIpc) is 2.80. The first-order valence-electron chi connectivity index (χ1n) is 10.4. The number of nitrogens with zero attached hydrogens (tertiary/aromatic N) is 1. The maximum absolute atomic E-state index is 13.4. The molecule has 1 N–H and O–H groups in total. The molecule has 2 aromatic carbocycles. The molecule has 0 radical (unpaired) electrons. The van der Waals surface area contributed by atoms with E-state index in [2.05, 4.69) is 10.2 Å². The third kappa shape index (κ3) is 6.54. The van der Waals surface area contributed by atoms with E-state index in [4.69, 9.17) is 14.2 Å². The molecule has 1 aliphatic rings. The van der Waals surface area contributed by atoms with Crippen LogP contribution in [0.1, 0.15) is 24.1 Å². The summed E-state index contributed by atoms with van der Waals surface area (Å²) >= 11 is 0. The van der Waals surface area contributed by atoms with E-state index < -0.39 is 0 Å². The van der Waals surface area contributed by atoms with Gasteiger partial charge in [0.25, 0.3) is 0 Å². The van der Waals surface area contributed by atoms with E-state index in [1.165, 1.54) is 18.2 Å². The molecule has 0 bridgehead atoms. The Labute approximate surface area is 182 Å². The van der Waals surface area contributed by atoms with Crippen LogP contribution in [0.2, 0.25) is 0 Å². The van der Waals surface area contributed by atoms with Crippen LogP contribution in [-0.4, -0.2) is 57.4 Å². The van der Waals surface area contributed by atoms with Crippen LogP contribution < -0.4 is 14.8 Å². The molecule has 0 aromatic heterocycles. The van der Waals surface area contributed by atoms with Crippen molar-refractivity contribution in [3.8, 4) is 11.5 Å². The fraction of sp³-hybridized carbons (Fsp3) is 0.375. The Morgan fingerprint density at radius 3 is 2.61 bits per heavy atom. The molecule has 1 fully saturated rings. The second-order valence-electron chi connectivity index (χ2n) is 7.14. The lowest BCUT2D eigenvalue weighted by Crippen LogP contribution is -2.43. The Morgan fingerprint density at radius 2 is 1.94 bits per heavy atom. The number of hydrogen-bond donors (Lipinski definition) is 1. The molecular formula is C24H29FN2O4. The highest BCUT2D eigenvalue weighted by atomic mass is 19.1. The minimum atomic E-state index is -0.276. The summed E-state index contributed by atoms with van der Waals surface area (Å²) in [6.45, 7) is 5.66. The molecule has 0 saturated carbocycles. The maximum Gasteiger partial charge on any atom is 0.244 e. The lowest BCUT2D eigenvalue weighted by Gasteiger charge is -2.34. The monoisotopic (exact) mass is 428 g/mol. The van der Waals surface area contributed by atoms with Gasteiger partial charge in [0.15, 0.2) is 11.5 Å². The Balaban J connectivity index is 1.65. The molecule has 7 heteroatoms. The largest absolute Gasteiger partial charge is 0.493 e. The zero-order valence-electron chi connectivity index (χ0n) is 18.0. The molecule has 31 heavy (non-hydrogen) atoms. The fourth-order valence-corrected chi connectivity index (χ4v) is 3.53. The van der Waals surface area contributed by atoms with E-state index in [-0.39, 0.29) is 17.8 Å². The summed E-state index contributed by atoms with van der Waals surface area (Å²) in [5.41, 5.74) is 1.80. The highest BCUT2D eigenvalue weighted by molar-refractivity contribution is 5.91. The van der Waals surface area contributed by atoms with E-state index in [1.807, 2.05) is 25.1 Å². The van der Waals surface area contributed by atoms with Crippen molar-refractivity contribution in [2.75, 3.05) is 46.6 Å². The van der Waals surface area contributed by atoms with Gasteiger partial charge in [0.1, 0.15) is 5.82 Å². The summed E-state index contributed by atoms with van der Waals surface area (Å²) in [5.74, 6) is 0.809. The van der Waals surface area contributed by atoms with Crippen LogP contribution in [-0.2, 0) is 9.53 Å². The number of carbonyl (C=O) groups excluding carboxylic acids is 1. The summed E-state index contributed by atoms with van der Waals surface area (Å²) in [4.78, 5) is 14.7. The summed E-state index contributed by atoms with van der Waals surface area (Å²) in [6, 6.07) is 11.9. The predicted octanol–water partition coefficient (Wildman–Crippen LogP) is 3.44. The number of nitrogens with one attached hydrogen (secondary N) is 1. The average molecular weight is 429 g/mol. The van der Waals surface area contributed by atoms with Crippen molar-refractivity contribution in [3.05, 3.63) is 65.5 Å². The van der Waals surface area contributed by atoms with Crippen LogP contribution in [0.5, 0.6) is 11.5 Å². The van der Waals surface area contributed by atoms with Gasteiger partial charge in [-0.05, 0) is 48.4 Å². The normalized spacial score (nSPS) is 15.6. The second-order valence-corrected chi connectivity index (χ2v) is 7.14. The van der Waals surface area contributed by atoms with Crippen LogP contribution >= 0.6 is 0 Å². The van der Waals surface area contributed by atoms with Gasteiger partial charge in [0.05, 0.1) is 33.0 Å². The second kappa shape index (κ2) is 11.5. The van der Waals surface area contributed by atoms with Gasteiger partial charge in [0.2, 0.25) is 5.91 Å². The predicted molar refractivity (Wildman–Crippen MR) is 118 cm³/mol. The molecule has 3 rings (SSSR count). The number of hydrogen-bond acceptors (Lipinski definition) is 5. The maximum atomic E-state index is 13.4. The Morgan fingerprint density at radius 1 is 1.19 bits per heavy atom. The molecule has 1 saturated heterocycles. The van der Waals surface area contributed by atoms with Crippen molar-refractivity contribution in [2.45, 2.75) is 13.0 Å². The molecule has 2 aromatic rings. The van der Waals surface area contributed by atoms with E-state index in [9.17, 15) is 9.18 Å². The molecule has 0 aliphatic carbocycles. The highest BCUT2D eigenvalue weighted by Gasteiger charge is 2.23. The lowest BCUT2D eigenvalue weighted by molar-refractivity contribution is -0.116. The highest BCUT2D eigenvalue weighted by Crippen LogP contribution is 2.28. The third-order valence-corrected chi connectivity index (χ3v) is 5.13. The van der Waals surface area contributed by atoms with Gasteiger partial charge in [-0.3, -0.25) is 9.69 Å². The first-order valence-corrected chi connectivity index (χ1v) is 10.4. The van der Waals surface area contributed by atoms with Gasteiger partial charge in [-0.1, -0.05) is 18.2 Å². The summed E-state index contributed by atoms with van der Waals surface area (Å²) in [7, 11) is 1.59. The first kappa shape index (κ1) is 22.8. The van der Waals surface area contributed by atoms with Crippen molar-refractivity contribution in [2.24, 2.45) is 0 Å². The molecule has 1 amide bonds. The number of rotatable bonds is 9. The van der Waals surface area contributed by atoms with Gasteiger partial charge in [-0.15, -0.1) is 0 Å². The number of halogens is 1. The number of amides is 1. The van der Waals surface area contributed by atoms with Crippen molar-refractivity contribution in [3.63, 3.8) is 0 Å². The summed E-state index contributed by atoms with van der Waals surface area (Å²) < 4.78 is 29.7. The van der Waals surface area contributed by atoms with Gasteiger partial charge in [0, 0.05) is 25.7 Å². The van der Waals surface area contributed by atoms with Gasteiger partial charge >= 0.3 is 0 Å². The number of carbonyl (C=O) groups is 1. The van der Waals surface area contributed by atoms with Crippen molar-refractivity contribution >= 4 is 12.0 Å². The van der Waals surface area contributed by atoms with Crippen LogP contribution in [0.25, 0.3) is 6.08 Å². The van der Waals surface area contributed by atoms with Gasteiger partial charge < -0.3 is 19.5 Å². The Kier molecular flexibility index (Phi) is 8.44. The molecule has 1 unspecified atom stereocenters. The number of methoxy groups -OCH3 is 1. The van der Waals surface area contributed by atoms with E-state index >= 15 is 0 Å². The van der Waals surface area contributed by atoms with Crippen molar-refractivity contribution in [1.29, 1.82) is 0 Å². The van der Waals surface area contributed by atoms with Crippen LogP contribution in [0.15, 0.2) is 48.5 Å². The van der Waals surface area contributed by atoms with E-state index in [1.54, 1.807) is 25.3 Å². The van der Waals surface area contributed by atoms with Gasteiger partial charge in [-0.2, -0.15) is 0 Å². The fourth-order valence-electron chi connectivity index (χ4n) is 3.53. The Hall–Kier alpha value is -2.90. The minimum absolute atomic E-state index is 0.0487. The number of morpholine rings is 1. The molecule has 1 atom stereocenters. The zero-order chi connectivity index (χ0) is 22.1. The first-order chi connectivity index (χ1) is 15.1. The molecular weight excluding hydrogens is 399 g/mol. The minimum Gasteiger partial charge on any atom is -0.493 e. The standard InChI is InChI=1S/C24H29FN2O4/c1-3-31-23-16-18(4-10-22(23)29-2)5-11-24(28)26-17-21(27-12-14-30-15-13-27)19-6-8-20(25)9-7-19/h4-11,16,21H,3,12-15,17H2,1-2H3,(H,26,28)/b11-5+. The van der Waals surface area contributed by atoms with Crippen molar-refractivity contribution < 1.29 is 23.4 Å². The smallest absolute Gasteiger partial charge is 0.244 e. The number of ether oxygens (including phenoxy) is 3. The van der Waals surface area contributed by atoms with Crippen LogP contribution in [0.4, 0.5) is 4.39 Å². The molecule has 6 nitrogen and oxygen atoms in total. The third-order valence-electron chi connectivity index (χ3n) is 5.13. The zero-order valence-corrected chi connectivity index (χ0v) is 18.0. The van der Waals surface area contributed by atoms with E-state index in [0.717, 1.165) is 24.2 Å². The topological polar surface area (TPSA) is 60.0 Å². The molecule has 1 aliphatic heterocycles. The molecule has 166 valence electrons. The van der Waals surface area contributed by atoms with Crippen molar-refractivity contribution in [1.82, 2.24) is 10.2 Å². The lowest BCUT2D eigenvalue weighted by atomic mass is 10.0. The quantitative estimate of drug-likeness (QED) is 0.620. The molecule has 0 spiro atoms. The summed E-state index contributed by atoms with van der Waals surface area (Å²) in [5, 5.41) is 2.97. The Bertz CT molecular complexity index is 880.